The zero-order valence-corrected chi connectivity index (χ0v) is 13.9. The standard InChI is InChI=1S/C18H15N5S/c1-12-11-14(21-17(19)20-12)7-8-15-16(13-5-3-2-4-6-13)22-18-23(15)9-10-24-18/h2-11H,1H3,(H2,19,20,21). The lowest BCUT2D eigenvalue weighted by Crippen LogP contribution is -1.97. The quantitative estimate of drug-likeness (QED) is 0.617. The van der Waals surface area contributed by atoms with Crippen LogP contribution in [0.1, 0.15) is 17.1 Å². The number of hydrogen-bond donors (Lipinski definition) is 1. The van der Waals surface area contributed by atoms with E-state index in [4.69, 9.17) is 10.7 Å². The molecule has 6 heteroatoms. The summed E-state index contributed by atoms with van der Waals surface area (Å²) >= 11 is 1.62. The van der Waals surface area contributed by atoms with E-state index in [1.54, 1.807) is 11.3 Å². The molecule has 24 heavy (non-hydrogen) atoms. The van der Waals surface area contributed by atoms with Gasteiger partial charge >= 0.3 is 0 Å². The zero-order valence-electron chi connectivity index (χ0n) is 13.0. The molecule has 4 rings (SSSR count). The molecule has 0 amide bonds. The average Bonchev–Trinajstić information content (AvgIpc) is 3.14. The van der Waals surface area contributed by atoms with Gasteiger partial charge in [0.2, 0.25) is 5.95 Å². The van der Waals surface area contributed by atoms with Crippen LogP contribution < -0.4 is 5.73 Å². The van der Waals surface area contributed by atoms with Crippen molar-refractivity contribution in [3.8, 4) is 11.3 Å². The third kappa shape index (κ3) is 2.68. The third-order valence-electron chi connectivity index (χ3n) is 3.65. The van der Waals surface area contributed by atoms with Crippen LogP contribution in [-0.2, 0) is 0 Å². The lowest BCUT2D eigenvalue weighted by atomic mass is 10.1. The topological polar surface area (TPSA) is 69.1 Å². The van der Waals surface area contributed by atoms with Gasteiger partial charge < -0.3 is 5.73 Å². The molecule has 0 unspecified atom stereocenters. The fourth-order valence-electron chi connectivity index (χ4n) is 2.64. The maximum Gasteiger partial charge on any atom is 0.220 e. The van der Waals surface area contributed by atoms with E-state index in [2.05, 4.69) is 26.5 Å². The first kappa shape index (κ1) is 14.6. The normalized spacial score (nSPS) is 11.5. The van der Waals surface area contributed by atoms with E-state index in [1.807, 2.05) is 54.9 Å². The number of aromatic nitrogens is 4. The van der Waals surface area contributed by atoms with Crippen molar-refractivity contribution in [1.29, 1.82) is 0 Å². The number of nitrogen functional groups attached to an aromatic ring is 1. The number of hydrogen-bond acceptors (Lipinski definition) is 5. The second kappa shape index (κ2) is 5.90. The number of benzene rings is 1. The summed E-state index contributed by atoms with van der Waals surface area (Å²) in [5, 5.41) is 2.03. The van der Waals surface area contributed by atoms with Crippen molar-refractivity contribution in [2.45, 2.75) is 6.92 Å². The molecule has 0 atom stereocenters. The van der Waals surface area contributed by atoms with Gasteiger partial charge in [-0.2, -0.15) is 0 Å². The molecule has 0 bridgehead atoms. The highest BCUT2D eigenvalue weighted by Gasteiger charge is 2.12. The number of aryl methyl sites for hydroxylation is 1. The Bertz CT molecular complexity index is 1010. The molecule has 0 saturated carbocycles. The van der Waals surface area contributed by atoms with Crippen molar-refractivity contribution in [3.63, 3.8) is 0 Å². The summed E-state index contributed by atoms with van der Waals surface area (Å²) in [5.74, 6) is 0.284. The summed E-state index contributed by atoms with van der Waals surface area (Å²) < 4.78 is 2.08. The summed E-state index contributed by atoms with van der Waals surface area (Å²) in [5.41, 5.74) is 10.4. The summed E-state index contributed by atoms with van der Waals surface area (Å²) in [6.45, 7) is 1.90. The van der Waals surface area contributed by atoms with Crippen LogP contribution in [0.5, 0.6) is 0 Å². The van der Waals surface area contributed by atoms with Crippen molar-refractivity contribution in [2.75, 3.05) is 5.73 Å². The summed E-state index contributed by atoms with van der Waals surface area (Å²) in [7, 11) is 0. The van der Waals surface area contributed by atoms with Gasteiger partial charge in [-0.15, -0.1) is 11.3 Å². The number of nitrogens with zero attached hydrogens (tertiary/aromatic N) is 4. The van der Waals surface area contributed by atoms with Gasteiger partial charge in [-0.05, 0) is 25.1 Å². The Morgan fingerprint density at radius 3 is 2.71 bits per heavy atom. The van der Waals surface area contributed by atoms with Gasteiger partial charge in [0, 0.05) is 22.8 Å². The number of fused-ring (bicyclic) bond motifs is 1. The largest absolute Gasteiger partial charge is 0.368 e. The monoisotopic (exact) mass is 333 g/mol. The second-order valence-electron chi connectivity index (χ2n) is 5.39. The molecule has 3 heterocycles. The number of anilines is 1. The minimum Gasteiger partial charge on any atom is -0.368 e. The smallest absolute Gasteiger partial charge is 0.220 e. The first-order chi connectivity index (χ1) is 11.7. The minimum atomic E-state index is 0.284. The first-order valence-electron chi connectivity index (χ1n) is 7.51. The Kier molecular flexibility index (Phi) is 3.59. The van der Waals surface area contributed by atoms with E-state index in [0.29, 0.717) is 0 Å². The fraction of sp³-hybridized carbons (Fsp3) is 0.0556. The van der Waals surface area contributed by atoms with Gasteiger partial charge in [0.05, 0.1) is 17.1 Å². The molecule has 5 nitrogen and oxygen atoms in total. The summed E-state index contributed by atoms with van der Waals surface area (Å²) in [6.07, 6.45) is 5.99. The lowest BCUT2D eigenvalue weighted by Gasteiger charge is -2.01. The van der Waals surface area contributed by atoms with Gasteiger partial charge in [-0.25, -0.2) is 15.0 Å². The molecule has 2 N–H and O–H groups in total. The van der Waals surface area contributed by atoms with Crippen molar-refractivity contribution in [2.24, 2.45) is 0 Å². The van der Waals surface area contributed by atoms with E-state index in [0.717, 1.165) is 33.3 Å². The van der Waals surface area contributed by atoms with Crippen LogP contribution in [0.4, 0.5) is 5.95 Å². The molecule has 118 valence electrons. The predicted octanol–water partition coefficient (Wildman–Crippen LogP) is 3.91. The minimum absolute atomic E-state index is 0.284. The van der Waals surface area contributed by atoms with E-state index >= 15 is 0 Å². The molecule has 0 saturated heterocycles. The highest BCUT2D eigenvalue weighted by molar-refractivity contribution is 7.15. The maximum atomic E-state index is 5.73. The molecule has 0 aliphatic carbocycles. The van der Waals surface area contributed by atoms with Crippen molar-refractivity contribution < 1.29 is 0 Å². The van der Waals surface area contributed by atoms with Crippen molar-refractivity contribution in [3.05, 3.63) is 65.1 Å². The van der Waals surface area contributed by atoms with Crippen LogP contribution >= 0.6 is 11.3 Å². The molecular formula is C18H15N5S. The Hall–Kier alpha value is -2.99. The molecular weight excluding hydrogens is 318 g/mol. The maximum absolute atomic E-state index is 5.73. The number of thiazole rings is 1. The summed E-state index contributed by atoms with van der Waals surface area (Å²) in [6, 6.07) is 12.1. The SMILES string of the molecule is Cc1cc(C=Cc2c(-c3ccccc3)nc3sccn23)nc(N)n1. The van der Waals surface area contributed by atoms with Gasteiger partial charge in [-0.3, -0.25) is 4.40 Å². The second-order valence-corrected chi connectivity index (χ2v) is 6.27. The van der Waals surface area contributed by atoms with Gasteiger partial charge in [0.15, 0.2) is 4.96 Å². The molecule has 0 aliphatic rings. The van der Waals surface area contributed by atoms with E-state index in [-0.39, 0.29) is 5.95 Å². The van der Waals surface area contributed by atoms with Crippen molar-refractivity contribution >= 4 is 34.4 Å². The molecule has 0 spiro atoms. The molecule has 0 fully saturated rings. The zero-order chi connectivity index (χ0) is 16.5. The molecule has 0 aliphatic heterocycles. The Morgan fingerprint density at radius 1 is 1.08 bits per heavy atom. The van der Waals surface area contributed by atoms with Crippen LogP contribution in [-0.4, -0.2) is 19.4 Å². The molecule has 3 aromatic heterocycles. The number of rotatable bonds is 3. The Balaban J connectivity index is 1.83. The highest BCUT2D eigenvalue weighted by atomic mass is 32.1. The fourth-order valence-corrected chi connectivity index (χ4v) is 3.36. The lowest BCUT2D eigenvalue weighted by molar-refractivity contribution is 1.11. The third-order valence-corrected chi connectivity index (χ3v) is 4.41. The van der Waals surface area contributed by atoms with Crippen LogP contribution in [0.25, 0.3) is 28.4 Å². The predicted molar refractivity (Wildman–Crippen MR) is 98.6 cm³/mol. The van der Waals surface area contributed by atoms with E-state index < -0.39 is 0 Å². The highest BCUT2D eigenvalue weighted by Crippen LogP contribution is 2.28. The number of imidazole rings is 1. The van der Waals surface area contributed by atoms with Crippen LogP contribution in [0, 0.1) is 6.92 Å². The van der Waals surface area contributed by atoms with Gasteiger partial charge in [0.25, 0.3) is 0 Å². The van der Waals surface area contributed by atoms with Gasteiger partial charge in [-0.1, -0.05) is 30.3 Å². The van der Waals surface area contributed by atoms with Crippen LogP contribution in [0.3, 0.4) is 0 Å². The molecule has 0 radical (unpaired) electrons. The average molecular weight is 333 g/mol. The number of nitrogens with two attached hydrogens (primary N) is 1. The van der Waals surface area contributed by atoms with Crippen LogP contribution in [0.2, 0.25) is 0 Å². The van der Waals surface area contributed by atoms with E-state index in [1.165, 1.54) is 0 Å². The van der Waals surface area contributed by atoms with Gasteiger partial charge in [0.1, 0.15) is 0 Å². The van der Waals surface area contributed by atoms with Crippen molar-refractivity contribution in [1.82, 2.24) is 19.4 Å². The Labute approximate surface area is 143 Å². The Morgan fingerprint density at radius 2 is 1.92 bits per heavy atom. The summed E-state index contributed by atoms with van der Waals surface area (Å²) in [4.78, 5) is 14.1. The molecule has 1 aromatic carbocycles. The first-order valence-corrected chi connectivity index (χ1v) is 8.39. The van der Waals surface area contributed by atoms with E-state index in [9.17, 15) is 0 Å². The van der Waals surface area contributed by atoms with Crippen LogP contribution in [0.15, 0.2) is 48.0 Å². The molecule has 4 aromatic rings.